The van der Waals surface area contributed by atoms with Crippen molar-refractivity contribution in [3.8, 4) is 10.4 Å². The van der Waals surface area contributed by atoms with Crippen molar-refractivity contribution in [3.63, 3.8) is 0 Å². The third kappa shape index (κ3) is 1.54. The van der Waals surface area contributed by atoms with Crippen molar-refractivity contribution in [2.45, 2.75) is 18.9 Å². The first-order valence-corrected chi connectivity index (χ1v) is 7.05. The molecular formula is C13H12BrNS. The molecule has 1 atom stereocenters. The van der Waals surface area contributed by atoms with Crippen LogP contribution >= 0.6 is 27.3 Å². The molecule has 2 N–H and O–H groups in total. The molecule has 1 aliphatic carbocycles. The van der Waals surface area contributed by atoms with Crippen LogP contribution in [0.15, 0.2) is 34.1 Å². The van der Waals surface area contributed by atoms with E-state index in [1.54, 1.807) is 11.3 Å². The first-order valence-electron chi connectivity index (χ1n) is 5.38. The zero-order valence-electron chi connectivity index (χ0n) is 8.74. The Bertz CT molecular complexity index is 532. The zero-order valence-corrected chi connectivity index (χ0v) is 11.1. The normalized spacial score (nSPS) is 18.8. The third-order valence-corrected chi connectivity index (χ3v) is 5.05. The van der Waals surface area contributed by atoms with E-state index in [9.17, 15) is 0 Å². The summed E-state index contributed by atoms with van der Waals surface area (Å²) in [5, 5.41) is 2.12. The van der Waals surface area contributed by atoms with Gasteiger partial charge in [-0.05, 0) is 56.9 Å². The van der Waals surface area contributed by atoms with Gasteiger partial charge < -0.3 is 5.73 Å². The maximum absolute atomic E-state index is 6.10. The molecule has 0 aliphatic heterocycles. The monoisotopic (exact) mass is 293 g/mol. The van der Waals surface area contributed by atoms with Crippen molar-refractivity contribution < 1.29 is 0 Å². The highest BCUT2D eigenvalue weighted by molar-refractivity contribution is 9.10. The van der Waals surface area contributed by atoms with Crippen LogP contribution in [0.3, 0.4) is 0 Å². The SMILES string of the molecule is NC1CCc2c(-c3sccc3Br)cccc21. The van der Waals surface area contributed by atoms with Crippen LogP contribution < -0.4 is 5.73 Å². The van der Waals surface area contributed by atoms with E-state index in [-0.39, 0.29) is 6.04 Å². The first-order chi connectivity index (χ1) is 7.77. The quantitative estimate of drug-likeness (QED) is 0.841. The molecule has 1 unspecified atom stereocenters. The summed E-state index contributed by atoms with van der Waals surface area (Å²) in [6.07, 6.45) is 2.19. The minimum absolute atomic E-state index is 0.230. The van der Waals surface area contributed by atoms with Crippen molar-refractivity contribution in [1.29, 1.82) is 0 Å². The van der Waals surface area contributed by atoms with Gasteiger partial charge in [-0.1, -0.05) is 18.2 Å². The van der Waals surface area contributed by atoms with Crippen molar-refractivity contribution in [2.75, 3.05) is 0 Å². The highest BCUT2D eigenvalue weighted by Gasteiger charge is 2.22. The molecule has 0 amide bonds. The molecule has 82 valence electrons. The summed E-state index contributed by atoms with van der Waals surface area (Å²) in [5.74, 6) is 0. The van der Waals surface area contributed by atoms with E-state index in [4.69, 9.17) is 5.73 Å². The lowest BCUT2D eigenvalue weighted by atomic mass is 10.0. The van der Waals surface area contributed by atoms with Crippen LogP contribution in [0.1, 0.15) is 23.6 Å². The predicted octanol–water partition coefficient (Wildman–Crippen LogP) is 4.12. The van der Waals surface area contributed by atoms with Gasteiger partial charge in [-0.25, -0.2) is 0 Å². The topological polar surface area (TPSA) is 26.0 Å². The van der Waals surface area contributed by atoms with Gasteiger partial charge >= 0.3 is 0 Å². The van der Waals surface area contributed by atoms with Crippen LogP contribution in [0.5, 0.6) is 0 Å². The molecule has 1 heterocycles. The minimum atomic E-state index is 0.230. The third-order valence-electron chi connectivity index (χ3n) is 3.18. The Morgan fingerprint density at radius 2 is 2.19 bits per heavy atom. The zero-order chi connectivity index (χ0) is 11.1. The summed E-state index contributed by atoms with van der Waals surface area (Å²) < 4.78 is 1.19. The molecule has 1 nitrogen and oxygen atoms in total. The van der Waals surface area contributed by atoms with Crippen molar-refractivity contribution in [1.82, 2.24) is 0 Å². The van der Waals surface area contributed by atoms with Gasteiger partial charge in [0.2, 0.25) is 0 Å². The molecule has 1 aromatic heterocycles. The molecule has 1 aliphatic rings. The summed E-state index contributed by atoms with van der Waals surface area (Å²) >= 11 is 5.39. The van der Waals surface area contributed by atoms with Gasteiger partial charge in [0, 0.05) is 15.4 Å². The summed E-state index contributed by atoms with van der Waals surface area (Å²) in [5.41, 5.74) is 10.2. The molecule has 0 saturated carbocycles. The van der Waals surface area contributed by atoms with E-state index in [0.29, 0.717) is 0 Å². The summed E-state index contributed by atoms with van der Waals surface area (Å²) in [6.45, 7) is 0. The summed E-state index contributed by atoms with van der Waals surface area (Å²) in [6, 6.07) is 8.82. The van der Waals surface area contributed by atoms with Crippen LogP contribution in [0.4, 0.5) is 0 Å². The van der Waals surface area contributed by atoms with Gasteiger partial charge in [-0.3, -0.25) is 0 Å². The fourth-order valence-corrected chi connectivity index (χ4v) is 4.03. The van der Waals surface area contributed by atoms with Crippen LogP contribution in [0, 0.1) is 0 Å². The van der Waals surface area contributed by atoms with Gasteiger partial charge in [-0.15, -0.1) is 11.3 Å². The second-order valence-electron chi connectivity index (χ2n) is 4.12. The Labute approximate surface area is 107 Å². The lowest BCUT2D eigenvalue weighted by molar-refractivity contribution is 0.713. The number of rotatable bonds is 1. The number of hydrogen-bond acceptors (Lipinski definition) is 2. The predicted molar refractivity (Wildman–Crippen MR) is 72.7 cm³/mol. The Morgan fingerprint density at radius 1 is 1.31 bits per heavy atom. The molecule has 2 aromatic rings. The van der Waals surface area contributed by atoms with Gasteiger partial charge in [0.25, 0.3) is 0 Å². The lowest BCUT2D eigenvalue weighted by Gasteiger charge is -2.08. The van der Waals surface area contributed by atoms with Gasteiger partial charge in [0.15, 0.2) is 0 Å². The fourth-order valence-electron chi connectivity index (χ4n) is 2.39. The molecule has 1 aromatic carbocycles. The molecule has 0 bridgehead atoms. The number of fused-ring (bicyclic) bond motifs is 1. The Kier molecular flexibility index (Phi) is 2.62. The number of nitrogens with two attached hydrogens (primary N) is 1. The van der Waals surface area contributed by atoms with E-state index in [1.165, 1.54) is 26.0 Å². The highest BCUT2D eigenvalue weighted by atomic mass is 79.9. The smallest absolute Gasteiger partial charge is 0.0487 e. The lowest BCUT2D eigenvalue weighted by Crippen LogP contribution is -2.04. The molecule has 3 heteroatoms. The van der Waals surface area contributed by atoms with Crippen LogP contribution in [0.25, 0.3) is 10.4 Å². The van der Waals surface area contributed by atoms with Gasteiger partial charge in [0.05, 0.1) is 0 Å². The average Bonchev–Trinajstić information content (AvgIpc) is 2.86. The minimum Gasteiger partial charge on any atom is -0.324 e. The summed E-state index contributed by atoms with van der Waals surface area (Å²) in [4.78, 5) is 1.32. The van der Waals surface area contributed by atoms with Gasteiger partial charge in [0.1, 0.15) is 0 Å². The first kappa shape index (κ1) is 10.5. The molecule has 0 saturated heterocycles. The van der Waals surface area contributed by atoms with Crippen LogP contribution in [-0.2, 0) is 6.42 Å². The second kappa shape index (κ2) is 3.99. The molecule has 0 fully saturated rings. The molecular weight excluding hydrogens is 282 g/mol. The van der Waals surface area contributed by atoms with E-state index in [1.807, 2.05) is 0 Å². The molecule has 0 radical (unpaired) electrons. The Hall–Kier alpha value is -0.640. The highest BCUT2D eigenvalue weighted by Crippen LogP contribution is 2.41. The van der Waals surface area contributed by atoms with Crippen molar-refractivity contribution in [3.05, 3.63) is 45.2 Å². The molecule has 16 heavy (non-hydrogen) atoms. The maximum Gasteiger partial charge on any atom is 0.0487 e. The number of thiophene rings is 1. The second-order valence-corrected chi connectivity index (χ2v) is 5.89. The molecule has 0 spiro atoms. The number of benzene rings is 1. The van der Waals surface area contributed by atoms with E-state index >= 15 is 0 Å². The van der Waals surface area contributed by atoms with Crippen LogP contribution in [0.2, 0.25) is 0 Å². The van der Waals surface area contributed by atoms with Crippen molar-refractivity contribution in [2.24, 2.45) is 5.73 Å². The Balaban J connectivity index is 2.20. The standard InChI is InChI=1S/C13H12BrNS/c14-11-6-7-16-13(11)10-3-1-2-9-8(10)4-5-12(9)15/h1-3,6-7,12H,4-5,15H2. The van der Waals surface area contributed by atoms with E-state index in [2.05, 4.69) is 45.6 Å². The fraction of sp³-hybridized carbons (Fsp3) is 0.231. The largest absolute Gasteiger partial charge is 0.324 e. The average molecular weight is 294 g/mol. The van der Waals surface area contributed by atoms with Crippen LogP contribution in [-0.4, -0.2) is 0 Å². The van der Waals surface area contributed by atoms with E-state index < -0.39 is 0 Å². The number of hydrogen-bond donors (Lipinski definition) is 1. The van der Waals surface area contributed by atoms with E-state index in [0.717, 1.165) is 12.8 Å². The summed E-state index contributed by atoms with van der Waals surface area (Å²) in [7, 11) is 0. The maximum atomic E-state index is 6.10. The Morgan fingerprint density at radius 3 is 2.94 bits per heavy atom. The number of halogens is 1. The van der Waals surface area contributed by atoms with Gasteiger partial charge in [-0.2, -0.15) is 0 Å². The molecule has 3 rings (SSSR count). The van der Waals surface area contributed by atoms with Crippen molar-refractivity contribution >= 4 is 27.3 Å².